The van der Waals surface area contributed by atoms with Crippen LogP contribution in [0.5, 0.6) is 0 Å². The minimum Gasteiger partial charge on any atom is -0.337 e. The Morgan fingerprint density at radius 1 is 1.48 bits per heavy atom. The lowest BCUT2D eigenvalue weighted by molar-refractivity contribution is 0.0788. The molecule has 3 rings (SSSR count). The van der Waals surface area contributed by atoms with Crippen molar-refractivity contribution in [3.05, 3.63) is 49.0 Å². The topological polar surface area (TPSA) is 71.0 Å². The Kier molecular flexibility index (Phi) is 3.99. The number of aromatic nitrogens is 3. The molecule has 1 N–H and O–H groups in total. The fourth-order valence-corrected chi connectivity index (χ4v) is 3.64. The first kappa shape index (κ1) is 15.8. The Balaban J connectivity index is 2.02. The van der Waals surface area contributed by atoms with Crippen molar-refractivity contribution < 1.29 is 4.79 Å². The third-order valence-corrected chi connectivity index (χ3v) is 4.76. The molecule has 0 fully saturated rings. The van der Waals surface area contributed by atoms with Gasteiger partial charge in [-0.05, 0) is 25.1 Å². The number of nitrogens with one attached hydrogen (secondary N) is 1. The van der Waals surface area contributed by atoms with Crippen LogP contribution in [0.1, 0.15) is 20.9 Å². The Hall–Kier alpha value is -2.12. The average molecular weight is 351 g/mol. The molecule has 0 bridgehead atoms. The van der Waals surface area contributed by atoms with Crippen LogP contribution in [-0.2, 0) is 13.6 Å². The van der Waals surface area contributed by atoms with Gasteiger partial charge in [-0.15, -0.1) is 11.3 Å². The maximum Gasteiger partial charge on any atom is 0.274 e. The fourth-order valence-electron chi connectivity index (χ4n) is 2.50. The maximum absolute atomic E-state index is 12.8. The third-order valence-electron chi connectivity index (χ3n) is 3.54. The number of rotatable bonds is 3. The number of aryl methyl sites for hydroxylation is 2. The molecule has 0 radical (unpaired) electrons. The van der Waals surface area contributed by atoms with Crippen molar-refractivity contribution in [2.24, 2.45) is 7.05 Å². The van der Waals surface area contributed by atoms with E-state index in [2.05, 4.69) is 10.1 Å². The summed E-state index contributed by atoms with van der Waals surface area (Å²) in [7, 11) is 3.40. The van der Waals surface area contributed by atoms with Crippen LogP contribution in [0, 0.1) is 6.92 Å². The monoisotopic (exact) mass is 350 g/mol. The molecule has 3 aromatic rings. The Morgan fingerprint density at radius 3 is 2.87 bits per heavy atom. The lowest BCUT2D eigenvalue weighted by atomic mass is 10.1. The first-order chi connectivity index (χ1) is 10.9. The minimum atomic E-state index is -0.314. The highest BCUT2D eigenvalue weighted by Gasteiger charge is 2.21. The zero-order chi connectivity index (χ0) is 16.7. The van der Waals surface area contributed by atoms with Crippen LogP contribution in [0.15, 0.2) is 23.0 Å². The van der Waals surface area contributed by atoms with Crippen molar-refractivity contribution in [2.75, 3.05) is 7.05 Å². The number of amides is 1. The lowest BCUT2D eigenvalue weighted by Gasteiger charge is -2.16. The van der Waals surface area contributed by atoms with Crippen molar-refractivity contribution in [2.45, 2.75) is 13.5 Å². The standard InChI is InChI=1S/C15H15ClN4O2S/c1-8-6-10(12-13(17-8)20(3)18-14(12)21)15(22)19(2)7-9-4-5-11(16)23-9/h4-6H,7H2,1-3H3,(H,18,21). The van der Waals surface area contributed by atoms with E-state index in [0.717, 1.165) is 4.88 Å². The first-order valence-electron chi connectivity index (χ1n) is 6.93. The van der Waals surface area contributed by atoms with Gasteiger partial charge in [0.2, 0.25) is 0 Å². The zero-order valence-electron chi connectivity index (χ0n) is 12.9. The summed E-state index contributed by atoms with van der Waals surface area (Å²) in [5, 5.41) is 2.96. The number of carbonyl (C=O) groups is 1. The van der Waals surface area contributed by atoms with Gasteiger partial charge in [0, 0.05) is 24.7 Å². The number of nitrogens with zero attached hydrogens (tertiary/aromatic N) is 3. The third kappa shape index (κ3) is 2.89. The molecule has 0 aliphatic rings. The molecule has 0 saturated heterocycles. The van der Waals surface area contributed by atoms with E-state index in [1.807, 2.05) is 6.07 Å². The van der Waals surface area contributed by atoms with Crippen LogP contribution in [0.4, 0.5) is 0 Å². The molecule has 1 amide bonds. The molecule has 0 saturated carbocycles. The second-order valence-electron chi connectivity index (χ2n) is 5.38. The SMILES string of the molecule is Cc1cc(C(=O)N(C)Cc2ccc(Cl)s2)c2c(=O)[nH]n(C)c2n1. The summed E-state index contributed by atoms with van der Waals surface area (Å²) in [6.45, 7) is 2.23. The molecule has 0 aromatic carbocycles. The van der Waals surface area contributed by atoms with Crippen LogP contribution in [0.3, 0.4) is 0 Å². The highest BCUT2D eigenvalue weighted by atomic mass is 35.5. The largest absolute Gasteiger partial charge is 0.337 e. The van der Waals surface area contributed by atoms with E-state index in [9.17, 15) is 9.59 Å². The van der Waals surface area contributed by atoms with Crippen molar-refractivity contribution in [1.82, 2.24) is 19.7 Å². The summed E-state index contributed by atoms with van der Waals surface area (Å²) in [5.41, 5.74) is 1.21. The maximum atomic E-state index is 12.8. The number of H-pyrrole nitrogens is 1. The normalized spacial score (nSPS) is 11.1. The van der Waals surface area contributed by atoms with E-state index in [1.165, 1.54) is 16.0 Å². The number of fused-ring (bicyclic) bond motifs is 1. The Labute approximate surface area is 141 Å². The van der Waals surface area contributed by atoms with Gasteiger partial charge in [0.1, 0.15) is 0 Å². The number of hydrogen-bond acceptors (Lipinski definition) is 4. The summed E-state index contributed by atoms with van der Waals surface area (Å²) in [5.74, 6) is -0.221. The summed E-state index contributed by atoms with van der Waals surface area (Å²) >= 11 is 7.35. The number of carbonyl (C=O) groups excluding carboxylic acids is 1. The molecular formula is C15H15ClN4O2S. The van der Waals surface area contributed by atoms with E-state index < -0.39 is 0 Å². The molecule has 0 atom stereocenters. The van der Waals surface area contributed by atoms with Crippen LogP contribution < -0.4 is 5.56 Å². The van der Waals surface area contributed by atoms with Gasteiger partial charge in [-0.3, -0.25) is 19.4 Å². The Bertz CT molecular complexity index is 956. The minimum absolute atomic E-state index is 0.221. The van der Waals surface area contributed by atoms with E-state index in [4.69, 9.17) is 11.6 Å². The van der Waals surface area contributed by atoms with Gasteiger partial charge in [0.25, 0.3) is 11.5 Å². The fraction of sp³-hybridized carbons (Fsp3) is 0.267. The van der Waals surface area contributed by atoms with Crippen molar-refractivity contribution >= 4 is 39.9 Å². The predicted octanol–water partition coefficient (Wildman–Crippen LogP) is 2.56. The molecule has 120 valence electrons. The first-order valence-corrected chi connectivity index (χ1v) is 8.12. The van der Waals surface area contributed by atoms with Crippen LogP contribution in [-0.4, -0.2) is 32.6 Å². The smallest absolute Gasteiger partial charge is 0.274 e. The van der Waals surface area contributed by atoms with Gasteiger partial charge >= 0.3 is 0 Å². The number of thiophene rings is 1. The average Bonchev–Trinajstić information content (AvgIpc) is 3.01. The molecule has 3 aromatic heterocycles. The summed E-state index contributed by atoms with van der Waals surface area (Å²) in [6, 6.07) is 5.34. The van der Waals surface area contributed by atoms with Gasteiger partial charge in [-0.25, -0.2) is 4.98 Å². The second-order valence-corrected chi connectivity index (χ2v) is 7.18. The summed E-state index contributed by atoms with van der Waals surface area (Å²) in [4.78, 5) is 31.8. The highest BCUT2D eigenvalue weighted by Crippen LogP contribution is 2.23. The number of aromatic amines is 1. The molecule has 23 heavy (non-hydrogen) atoms. The molecule has 6 nitrogen and oxygen atoms in total. The number of pyridine rings is 1. The van der Waals surface area contributed by atoms with Crippen LogP contribution in [0.2, 0.25) is 4.34 Å². The van der Waals surface area contributed by atoms with E-state index >= 15 is 0 Å². The Morgan fingerprint density at radius 2 is 2.22 bits per heavy atom. The second kappa shape index (κ2) is 5.82. The molecule has 0 spiro atoms. The quantitative estimate of drug-likeness (QED) is 0.789. The lowest BCUT2D eigenvalue weighted by Crippen LogP contribution is -2.27. The van der Waals surface area contributed by atoms with Gasteiger partial charge in [-0.1, -0.05) is 11.6 Å². The molecule has 0 aliphatic carbocycles. The molecular weight excluding hydrogens is 336 g/mol. The number of hydrogen-bond donors (Lipinski definition) is 1. The van der Waals surface area contributed by atoms with E-state index in [1.54, 1.807) is 38.1 Å². The molecule has 0 unspecified atom stereocenters. The van der Waals surface area contributed by atoms with Crippen molar-refractivity contribution in [3.63, 3.8) is 0 Å². The zero-order valence-corrected chi connectivity index (χ0v) is 14.5. The molecule has 3 heterocycles. The van der Waals surface area contributed by atoms with Crippen molar-refractivity contribution in [1.29, 1.82) is 0 Å². The number of halogens is 1. The van der Waals surface area contributed by atoms with Crippen molar-refractivity contribution in [3.8, 4) is 0 Å². The van der Waals surface area contributed by atoms with E-state index in [-0.39, 0.29) is 11.5 Å². The summed E-state index contributed by atoms with van der Waals surface area (Å²) in [6.07, 6.45) is 0. The van der Waals surface area contributed by atoms with Gasteiger partial charge < -0.3 is 4.90 Å². The van der Waals surface area contributed by atoms with Crippen LogP contribution >= 0.6 is 22.9 Å². The van der Waals surface area contributed by atoms with Gasteiger partial charge in [0.05, 0.1) is 21.8 Å². The molecule has 8 heteroatoms. The van der Waals surface area contributed by atoms with Gasteiger partial charge in [0.15, 0.2) is 5.65 Å². The predicted molar refractivity (Wildman–Crippen MR) is 91.2 cm³/mol. The summed E-state index contributed by atoms with van der Waals surface area (Å²) < 4.78 is 2.21. The van der Waals surface area contributed by atoms with E-state index in [0.29, 0.717) is 33.2 Å². The van der Waals surface area contributed by atoms with Gasteiger partial charge in [-0.2, -0.15) is 0 Å². The molecule has 0 aliphatic heterocycles. The van der Waals surface area contributed by atoms with Crippen LogP contribution in [0.25, 0.3) is 11.0 Å². The highest BCUT2D eigenvalue weighted by molar-refractivity contribution is 7.16.